The van der Waals surface area contributed by atoms with E-state index in [1.807, 2.05) is 11.8 Å². The average Bonchev–Trinajstić information content (AvgIpc) is 3.04. The molecular formula is C19H23F3N4O2S. The van der Waals surface area contributed by atoms with Crippen molar-refractivity contribution in [2.75, 3.05) is 36.8 Å². The largest absolute Gasteiger partial charge is 0.417 e. The van der Waals surface area contributed by atoms with E-state index in [0.717, 1.165) is 18.7 Å². The number of thioether (sulfide) groups is 1. The molecule has 2 atom stereocenters. The molecule has 0 aliphatic carbocycles. The van der Waals surface area contributed by atoms with E-state index in [4.69, 9.17) is 0 Å². The third-order valence-corrected chi connectivity index (χ3v) is 7.44. The van der Waals surface area contributed by atoms with Crippen molar-refractivity contribution in [1.29, 1.82) is 0 Å². The van der Waals surface area contributed by atoms with E-state index in [-0.39, 0.29) is 16.7 Å². The zero-order valence-corrected chi connectivity index (χ0v) is 16.9. The number of alkyl halides is 3. The Morgan fingerprint density at radius 1 is 1.24 bits per heavy atom. The van der Waals surface area contributed by atoms with Crippen LogP contribution in [0.5, 0.6) is 0 Å². The highest BCUT2D eigenvalue weighted by Gasteiger charge is 2.53. The summed E-state index contributed by atoms with van der Waals surface area (Å²) in [5.41, 5.74) is -0.773. The van der Waals surface area contributed by atoms with Crippen molar-refractivity contribution in [2.24, 2.45) is 0 Å². The lowest BCUT2D eigenvalue weighted by Gasteiger charge is -2.32. The predicted octanol–water partition coefficient (Wildman–Crippen LogP) is 2.59. The maximum absolute atomic E-state index is 13.1. The van der Waals surface area contributed by atoms with Crippen LogP contribution in [-0.4, -0.2) is 69.4 Å². The highest BCUT2D eigenvalue weighted by Crippen LogP contribution is 2.47. The molecule has 3 aliphatic heterocycles. The second kappa shape index (κ2) is 7.37. The number of pyridine rings is 1. The van der Waals surface area contributed by atoms with Crippen LogP contribution in [0.4, 0.5) is 19.0 Å². The molecule has 0 bridgehead atoms. The molecule has 10 heteroatoms. The van der Waals surface area contributed by atoms with Gasteiger partial charge in [0.1, 0.15) is 11.9 Å². The first kappa shape index (κ1) is 20.3. The number of amides is 2. The second-order valence-electron chi connectivity index (χ2n) is 7.83. The smallest absolute Gasteiger partial charge is 0.355 e. The maximum atomic E-state index is 13.1. The topological polar surface area (TPSA) is 56.8 Å². The number of rotatable bonds is 2. The van der Waals surface area contributed by atoms with Crippen LogP contribution in [0.2, 0.25) is 0 Å². The fourth-order valence-electron chi connectivity index (χ4n) is 4.32. The van der Waals surface area contributed by atoms with Crippen molar-refractivity contribution < 1.29 is 22.8 Å². The van der Waals surface area contributed by atoms with E-state index in [0.29, 0.717) is 50.6 Å². The van der Waals surface area contributed by atoms with Gasteiger partial charge in [0.25, 0.3) is 0 Å². The van der Waals surface area contributed by atoms with E-state index in [2.05, 4.69) is 4.98 Å². The number of nitrogens with zero attached hydrogens (tertiary/aromatic N) is 4. The molecule has 3 fully saturated rings. The summed E-state index contributed by atoms with van der Waals surface area (Å²) in [5, 5.41) is 0. The lowest BCUT2D eigenvalue weighted by atomic mass is 10.2. The molecule has 1 aromatic rings. The van der Waals surface area contributed by atoms with Crippen LogP contribution in [0, 0.1) is 0 Å². The van der Waals surface area contributed by atoms with Crippen LogP contribution in [0.25, 0.3) is 0 Å². The summed E-state index contributed by atoms with van der Waals surface area (Å²) in [6.45, 7) is 4.16. The third kappa shape index (κ3) is 3.78. The fourth-order valence-corrected chi connectivity index (χ4v) is 5.75. The first-order valence-corrected chi connectivity index (χ1v) is 10.7. The summed E-state index contributed by atoms with van der Waals surface area (Å²) in [5.74, 6) is 1.10. The van der Waals surface area contributed by atoms with Gasteiger partial charge >= 0.3 is 6.18 Å². The van der Waals surface area contributed by atoms with Crippen molar-refractivity contribution in [3.63, 3.8) is 0 Å². The summed E-state index contributed by atoms with van der Waals surface area (Å²) in [7, 11) is 0. The summed E-state index contributed by atoms with van der Waals surface area (Å²) in [6, 6.07) is 1.99. The molecular weight excluding hydrogens is 405 g/mol. The Kier molecular flexibility index (Phi) is 5.16. The highest BCUT2D eigenvalue weighted by molar-refractivity contribution is 8.01. The molecule has 2 unspecified atom stereocenters. The number of aromatic nitrogens is 1. The average molecular weight is 428 g/mol. The summed E-state index contributed by atoms with van der Waals surface area (Å²) in [6.07, 6.45) is -1.61. The second-order valence-corrected chi connectivity index (χ2v) is 9.34. The fraction of sp³-hybridized carbons (Fsp3) is 0.632. The van der Waals surface area contributed by atoms with Crippen LogP contribution < -0.4 is 4.90 Å². The Labute approximate surface area is 171 Å². The summed E-state index contributed by atoms with van der Waals surface area (Å²) < 4.78 is 38.2. The van der Waals surface area contributed by atoms with Gasteiger partial charge in [0.15, 0.2) is 0 Å². The van der Waals surface area contributed by atoms with E-state index >= 15 is 0 Å². The molecule has 0 spiro atoms. The molecule has 0 aromatic carbocycles. The molecule has 2 amide bonds. The number of fused-ring (bicyclic) bond motifs is 1. The number of hydrogen-bond acceptors (Lipinski definition) is 5. The number of carbonyl (C=O) groups is 2. The number of carbonyl (C=O) groups excluding carboxylic acids is 2. The minimum atomic E-state index is -4.41. The van der Waals surface area contributed by atoms with Gasteiger partial charge in [0.2, 0.25) is 11.8 Å². The molecule has 4 heterocycles. The molecule has 1 aromatic heterocycles. The molecule has 4 rings (SSSR count). The van der Waals surface area contributed by atoms with Gasteiger partial charge in [-0.3, -0.25) is 9.59 Å². The Bertz CT molecular complexity index is 804. The molecule has 3 aliphatic rings. The first-order valence-electron chi connectivity index (χ1n) is 9.72. The molecule has 0 saturated carbocycles. The maximum Gasteiger partial charge on any atom is 0.417 e. The van der Waals surface area contributed by atoms with Gasteiger partial charge in [-0.2, -0.15) is 13.2 Å². The van der Waals surface area contributed by atoms with Crippen LogP contribution >= 0.6 is 11.8 Å². The zero-order chi connectivity index (χ0) is 20.8. The molecule has 0 radical (unpaired) electrons. The predicted molar refractivity (Wildman–Crippen MR) is 103 cm³/mol. The monoisotopic (exact) mass is 428 g/mol. The Morgan fingerprint density at radius 2 is 2.03 bits per heavy atom. The van der Waals surface area contributed by atoms with E-state index < -0.39 is 17.8 Å². The molecule has 3 saturated heterocycles. The Hall–Kier alpha value is -1.97. The van der Waals surface area contributed by atoms with Crippen molar-refractivity contribution >= 4 is 29.4 Å². The van der Waals surface area contributed by atoms with Crippen molar-refractivity contribution in [1.82, 2.24) is 14.8 Å². The zero-order valence-electron chi connectivity index (χ0n) is 16.1. The lowest BCUT2D eigenvalue weighted by Crippen LogP contribution is -2.52. The van der Waals surface area contributed by atoms with Gasteiger partial charge in [0.05, 0.1) is 10.4 Å². The van der Waals surface area contributed by atoms with Gasteiger partial charge in [0, 0.05) is 44.5 Å². The van der Waals surface area contributed by atoms with Crippen molar-refractivity contribution in [3.8, 4) is 0 Å². The first-order chi connectivity index (χ1) is 13.7. The van der Waals surface area contributed by atoms with Crippen LogP contribution in [-0.2, 0) is 15.8 Å². The van der Waals surface area contributed by atoms with Gasteiger partial charge in [-0.15, -0.1) is 11.8 Å². The van der Waals surface area contributed by atoms with Crippen molar-refractivity contribution in [2.45, 2.75) is 43.3 Å². The summed E-state index contributed by atoms with van der Waals surface area (Å²) in [4.78, 5) is 34.6. The minimum Gasteiger partial charge on any atom is -0.355 e. The van der Waals surface area contributed by atoms with Crippen LogP contribution in [0.1, 0.15) is 31.7 Å². The number of halogens is 3. The Balaban J connectivity index is 1.41. The molecule has 6 nitrogen and oxygen atoms in total. The quantitative estimate of drug-likeness (QED) is 0.725. The highest BCUT2D eigenvalue weighted by atomic mass is 32.2. The molecule has 29 heavy (non-hydrogen) atoms. The minimum absolute atomic E-state index is 0.0290. The normalized spacial score (nSPS) is 27.9. The standard InChI is InChI=1S/C19H23F3N4O2S/c1-18-6-5-16(27)26(18)14(12-29-18)17(28)25-8-2-7-24(9-10-25)15-4-3-13(11-23-15)19(20,21)22/h3-4,11,14H,2,5-10,12H2,1H3. The van der Waals surface area contributed by atoms with Crippen molar-refractivity contribution in [3.05, 3.63) is 23.9 Å². The number of anilines is 1. The summed E-state index contributed by atoms with van der Waals surface area (Å²) >= 11 is 1.67. The molecule has 0 N–H and O–H groups in total. The Morgan fingerprint density at radius 3 is 2.72 bits per heavy atom. The van der Waals surface area contributed by atoms with Gasteiger partial charge in [-0.1, -0.05) is 0 Å². The lowest BCUT2D eigenvalue weighted by molar-refractivity contribution is -0.143. The van der Waals surface area contributed by atoms with Gasteiger partial charge in [-0.05, 0) is 31.9 Å². The number of hydrogen-bond donors (Lipinski definition) is 0. The van der Waals surface area contributed by atoms with E-state index in [1.54, 1.807) is 21.6 Å². The van der Waals surface area contributed by atoms with Gasteiger partial charge in [-0.25, -0.2) is 4.98 Å². The molecule has 158 valence electrons. The third-order valence-electron chi connectivity index (χ3n) is 5.94. The SMILES string of the molecule is CC12CCC(=O)N1C(C(=O)N1CCCN(c3ccc(C(F)(F)F)cn3)CC1)CS2. The van der Waals surface area contributed by atoms with Crippen LogP contribution in [0.3, 0.4) is 0 Å². The van der Waals surface area contributed by atoms with Gasteiger partial charge < -0.3 is 14.7 Å². The van der Waals surface area contributed by atoms with E-state index in [1.165, 1.54) is 6.07 Å². The van der Waals surface area contributed by atoms with Crippen LogP contribution in [0.15, 0.2) is 18.3 Å². The van der Waals surface area contributed by atoms with E-state index in [9.17, 15) is 22.8 Å².